The normalized spacial score (nSPS) is 12.8. The zero-order valence-corrected chi connectivity index (χ0v) is 11.2. The van der Waals surface area contributed by atoms with Crippen LogP contribution >= 0.6 is 0 Å². The summed E-state index contributed by atoms with van der Waals surface area (Å²) in [6, 6.07) is -0.231. The molecule has 0 spiro atoms. The molecule has 1 atom stereocenters. The van der Waals surface area contributed by atoms with Gasteiger partial charge in [0.1, 0.15) is 5.69 Å². The first-order chi connectivity index (χ1) is 8.42. The SMILES string of the molecule is CCn1nc(C)c([N+](=O)[O-])c1N[C@H](CO)C(C)C. The Morgan fingerprint density at radius 1 is 1.56 bits per heavy atom. The van der Waals surface area contributed by atoms with Crippen LogP contribution in [0.4, 0.5) is 11.5 Å². The Bertz CT molecular complexity index is 428. The fourth-order valence-electron chi connectivity index (χ4n) is 1.76. The van der Waals surface area contributed by atoms with Gasteiger partial charge in [-0.25, -0.2) is 4.68 Å². The highest BCUT2D eigenvalue weighted by Gasteiger charge is 2.27. The fraction of sp³-hybridized carbons (Fsp3) is 0.727. The molecule has 1 heterocycles. The van der Waals surface area contributed by atoms with Gasteiger partial charge in [0.25, 0.3) is 0 Å². The second kappa shape index (κ2) is 5.81. The van der Waals surface area contributed by atoms with Gasteiger partial charge in [-0.1, -0.05) is 13.8 Å². The van der Waals surface area contributed by atoms with Gasteiger partial charge in [-0.3, -0.25) is 10.1 Å². The molecule has 0 fully saturated rings. The van der Waals surface area contributed by atoms with E-state index in [1.807, 2.05) is 20.8 Å². The average Bonchev–Trinajstić information content (AvgIpc) is 2.61. The molecule has 0 aliphatic rings. The van der Waals surface area contributed by atoms with Crippen molar-refractivity contribution in [3.05, 3.63) is 15.8 Å². The second-order valence-corrected chi connectivity index (χ2v) is 4.53. The Morgan fingerprint density at radius 3 is 2.56 bits per heavy atom. The summed E-state index contributed by atoms with van der Waals surface area (Å²) in [6.45, 7) is 7.82. The molecule has 1 rings (SSSR count). The van der Waals surface area contributed by atoms with Crippen molar-refractivity contribution in [1.29, 1.82) is 0 Å². The Morgan fingerprint density at radius 2 is 2.17 bits per heavy atom. The van der Waals surface area contributed by atoms with Crippen LogP contribution in [0.25, 0.3) is 0 Å². The highest BCUT2D eigenvalue weighted by atomic mass is 16.6. The van der Waals surface area contributed by atoms with Crippen LogP contribution in [0, 0.1) is 23.0 Å². The summed E-state index contributed by atoms with van der Waals surface area (Å²) in [4.78, 5) is 10.6. The summed E-state index contributed by atoms with van der Waals surface area (Å²) < 4.78 is 1.55. The van der Waals surface area contributed by atoms with E-state index in [1.165, 1.54) is 0 Å². The quantitative estimate of drug-likeness (QED) is 0.595. The predicted octanol–water partition coefficient (Wildman–Crippen LogP) is 1.55. The van der Waals surface area contributed by atoms with E-state index in [-0.39, 0.29) is 24.3 Å². The number of aliphatic hydroxyl groups is 1. The maximum Gasteiger partial charge on any atom is 0.333 e. The van der Waals surface area contributed by atoms with Gasteiger partial charge in [-0.05, 0) is 19.8 Å². The van der Waals surface area contributed by atoms with E-state index in [9.17, 15) is 15.2 Å². The first-order valence-corrected chi connectivity index (χ1v) is 6.01. The smallest absolute Gasteiger partial charge is 0.333 e. The largest absolute Gasteiger partial charge is 0.394 e. The van der Waals surface area contributed by atoms with Crippen molar-refractivity contribution >= 4 is 11.5 Å². The lowest BCUT2D eigenvalue weighted by Crippen LogP contribution is -2.30. The molecule has 0 aliphatic heterocycles. The molecule has 0 radical (unpaired) electrons. The molecule has 0 amide bonds. The lowest BCUT2D eigenvalue weighted by molar-refractivity contribution is -0.384. The number of anilines is 1. The van der Waals surface area contributed by atoms with Gasteiger partial charge < -0.3 is 10.4 Å². The number of nitrogens with zero attached hydrogens (tertiary/aromatic N) is 3. The number of nitro groups is 1. The second-order valence-electron chi connectivity index (χ2n) is 4.53. The first-order valence-electron chi connectivity index (χ1n) is 6.01. The summed E-state index contributed by atoms with van der Waals surface area (Å²) in [5, 5.41) is 27.5. The van der Waals surface area contributed by atoms with E-state index in [0.717, 1.165) is 0 Å². The van der Waals surface area contributed by atoms with E-state index in [4.69, 9.17) is 0 Å². The van der Waals surface area contributed by atoms with Gasteiger partial charge in [-0.2, -0.15) is 5.10 Å². The molecule has 7 heteroatoms. The fourth-order valence-corrected chi connectivity index (χ4v) is 1.76. The number of hydrogen-bond donors (Lipinski definition) is 2. The van der Waals surface area contributed by atoms with Crippen molar-refractivity contribution in [2.45, 2.75) is 40.3 Å². The van der Waals surface area contributed by atoms with Crippen LogP contribution in [0.15, 0.2) is 0 Å². The van der Waals surface area contributed by atoms with Gasteiger partial charge in [0.05, 0.1) is 17.6 Å². The van der Waals surface area contributed by atoms with Crippen molar-refractivity contribution < 1.29 is 10.0 Å². The number of hydrogen-bond acceptors (Lipinski definition) is 5. The Kier molecular flexibility index (Phi) is 4.66. The molecule has 7 nitrogen and oxygen atoms in total. The first kappa shape index (κ1) is 14.4. The molecular weight excluding hydrogens is 236 g/mol. The number of rotatable bonds is 6. The third kappa shape index (κ3) is 2.79. The van der Waals surface area contributed by atoms with Crippen molar-refractivity contribution in [3.8, 4) is 0 Å². The summed E-state index contributed by atoms with van der Waals surface area (Å²) >= 11 is 0. The third-order valence-electron chi connectivity index (χ3n) is 2.90. The standard InChI is InChI=1S/C11H20N4O3/c1-5-14-11(12-9(6-16)7(2)3)10(15(17)18)8(4)13-14/h7,9,12,16H,5-6H2,1-4H3/t9-/m1/s1. The summed E-state index contributed by atoms with van der Waals surface area (Å²) in [5.74, 6) is 0.530. The van der Waals surface area contributed by atoms with Crippen molar-refractivity contribution in [1.82, 2.24) is 9.78 Å². The molecule has 1 aromatic rings. The van der Waals surface area contributed by atoms with E-state index < -0.39 is 4.92 Å². The maximum absolute atomic E-state index is 11.1. The lowest BCUT2D eigenvalue weighted by atomic mass is 10.1. The number of aryl methyl sites for hydroxylation is 2. The molecule has 18 heavy (non-hydrogen) atoms. The van der Waals surface area contributed by atoms with Crippen LogP contribution in [0.2, 0.25) is 0 Å². The van der Waals surface area contributed by atoms with Gasteiger partial charge >= 0.3 is 5.69 Å². The zero-order chi connectivity index (χ0) is 13.9. The molecule has 0 aromatic carbocycles. The molecule has 0 aliphatic carbocycles. The van der Waals surface area contributed by atoms with Crippen LogP contribution in [-0.2, 0) is 6.54 Å². The zero-order valence-electron chi connectivity index (χ0n) is 11.2. The number of aromatic nitrogens is 2. The minimum Gasteiger partial charge on any atom is -0.394 e. The Hall–Kier alpha value is -1.63. The van der Waals surface area contributed by atoms with Gasteiger partial charge in [0.2, 0.25) is 5.82 Å². The van der Waals surface area contributed by atoms with E-state index in [2.05, 4.69) is 10.4 Å². The summed E-state index contributed by atoms with van der Waals surface area (Å²) in [6.07, 6.45) is 0. The number of nitrogens with one attached hydrogen (secondary N) is 1. The molecule has 0 saturated carbocycles. The minimum atomic E-state index is -0.439. The lowest BCUT2D eigenvalue weighted by Gasteiger charge is -2.20. The minimum absolute atomic E-state index is 0.0176. The van der Waals surface area contributed by atoms with Crippen molar-refractivity contribution in [2.75, 3.05) is 11.9 Å². The van der Waals surface area contributed by atoms with Crippen LogP contribution in [0.5, 0.6) is 0 Å². The van der Waals surface area contributed by atoms with E-state index in [0.29, 0.717) is 18.1 Å². The predicted molar refractivity (Wildman–Crippen MR) is 68.6 cm³/mol. The highest BCUT2D eigenvalue weighted by Crippen LogP contribution is 2.29. The van der Waals surface area contributed by atoms with Crippen LogP contribution in [0.3, 0.4) is 0 Å². The van der Waals surface area contributed by atoms with Gasteiger partial charge in [0.15, 0.2) is 0 Å². The summed E-state index contributed by atoms with van der Waals surface area (Å²) in [5.41, 5.74) is 0.362. The van der Waals surface area contributed by atoms with Crippen LogP contribution < -0.4 is 5.32 Å². The molecule has 1 aromatic heterocycles. The van der Waals surface area contributed by atoms with E-state index >= 15 is 0 Å². The Balaban J connectivity index is 3.16. The molecular formula is C11H20N4O3. The third-order valence-corrected chi connectivity index (χ3v) is 2.90. The monoisotopic (exact) mass is 256 g/mol. The van der Waals surface area contributed by atoms with E-state index in [1.54, 1.807) is 11.6 Å². The average molecular weight is 256 g/mol. The maximum atomic E-state index is 11.1. The Labute approximate surface area is 106 Å². The van der Waals surface area contributed by atoms with Crippen LogP contribution in [-0.4, -0.2) is 32.5 Å². The molecule has 2 N–H and O–H groups in total. The summed E-state index contributed by atoms with van der Waals surface area (Å²) in [7, 11) is 0. The van der Waals surface area contributed by atoms with Crippen LogP contribution in [0.1, 0.15) is 26.5 Å². The topological polar surface area (TPSA) is 93.2 Å². The molecule has 0 saturated heterocycles. The molecule has 102 valence electrons. The molecule has 0 unspecified atom stereocenters. The van der Waals surface area contributed by atoms with Crippen molar-refractivity contribution in [3.63, 3.8) is 0 Å². The van der Waals surface area contributed by atoms with Gasteiger partial charge in [0, 0.05) is 6.54 Å². The molecule has 0 bridgehead atoms. The van der Waals surface area contributed by atoms with Crippen molar-refractivity contribution in [2.24, 2.45) is 5.92 Å². The number of aliphatic hydroxyl groups excluding tert-OH is 1. The highest BCUT2D eigenvalue weighted by molar-refractivity contribution is 5.60. The van der Waals surface area contributed by atoms with Gasteiger partial charge in [-0.15, -0.1) is 0 Å².